The molecule has 4 heteroatoms. The second-order valence-corrected chi connectivity index (χ2v) is 3.94. The summed E-state index contributed by atoms with van der Waals surface area (Å²) in [4.78, 5) is 21.4. The summed E-state index contributed by atoms with van der Waals surface area (Å²) < 4.78 is 0. The molecule has 1 aliphatic rings. The molecule has 74 valence electrons. The van der Waals surface area contributed by atoms with Crippen molar-refractivity contribution in [2.24, 2.45) is 5.92 Å². The number of carboxylic acid groups (broad SMARTS) is 1. The van der Waals surface area contributed by atoms with Crippen molar-refractivity contribution >= 4 is 11.9 Å². The van der Waals surface area contributed by atoms with Gasteiger partial charge in [0.05, 0.1) is 12.0 Å². The van der Waals surface area contributed by atoms with Crippen LogP contribution in [-0.2, 0) is 9.59 Å². The first-order valence-electron chi connectivity index (χ1n) is 4.44. The lowest BCUT2D eigenvalue weighted by Crippen LogP contribution is -2.48. The van der Waals surface area contributed by atoms with Crippen molar-refractivity contribution in [3.63, 3.8) is 0 Å². The van der Waals surface area contributed by atoms with Crippen molar-refractivity contribution in [3.8, 4) is 0 Å². The van der Waals surface area contributed by atoms with Crippen molar-refractivity contribution < 1.29 is 14.7 Å². The highest BCUT2D eigenvalue weighted by Gasteiger charge is 2.43. The van der Waals surface area contributed by atoms with Gasteiger partial charge >= 0.3 is 5.97 Å². The molecule has 2 N–H and O–H groups in total. The van der Waals surface area contributed by atoms with E-state index in [1.165, 1.54) is 6.92 Å². The van der Waals surface area contributed by atoms with Gasteiger partial charge < -0.3 is 10.4 Å². The van der Waals surface area contributed by atoms with Crippen LogP contribution in [0.15, 0.2) is 0 Å². The average molecular weight is 185 g/mol. The molecule has 1 unspecified atom stereocenters. The van der Waals surface area contributed by atoms with Gasteiger partial charge in [0.25, 0.3) is 0 Å². The van der Waals surface area contributed by atoms with Crippen LogP contribution < -0.4 is 5.32 Å². The van der Waals surface area contributed by atoms with Crippen LogP contribution in [0.5, 0.6) is 0 Å². The summed E-state index contributed by atoms with van der Waals surface area (Å²) in [6, 6.07) is 0. The molecule has 1 amide bonds. The topological polar surface area (TPSA) is 66.4 Å². The fourth-order valence-electron chi connectivity index (χ4n) is 1.73. The predicted molar refractivity (Wildman–Crippen MR) is 47.2 cm³/mol. The Balaban J connectivity index is 2.61. The Morgan fingerprint density at radius 1 is 1.54 bits per heavy atom. The molecule has 0 bridgehead atoms. The van der Waals surface area contributed by atoms with Crippen molar-refractivity contribution in [3.05, 3.63) is 0 Å². The van der Waals surface area contributed by atoms with Crippen LogP contribution in [0.3, 0.4) is 0 Å². The summed E-state index contributed by atoms with van der Waals surface area (Å²) >= 11 is 0. The van der Waals surface area contributed by atoms with Crippen LogP contribution in [-0.4, -0.2) is 22.5 Å². The molecule has 13 heavy (non-hydrogen) atoms. The van der Waals surface area contributed by atoms with Crippen LogP contribution in [0.4, 0.5) is 0 Å². The van der Waals surface area contributed by atoms with E-state index in [-0.39, 0.29) is 12.3 Å². The molecule has 4 nitrogen and oxygen atoms in total. The zero-order chi connectivity index (χ0) is 10.1. The van der Waals surface area contributed by atoms with Gasteiger partial charge in [-0.15, -0.1) is 0 Å². The number of carboxylic acids is 1. The van der Waals surface area contributed by atoms with Gasteiger partial charge in [-0.25, -0.2) is 0 Å². The second-order valence-electron chi connectivity index (χ2n) is 3.94. The van der Waals surface area contributed by atoms with E-state index >= 15 is 0 Å². The maximum Gasteiger partial charge on any atom is 0.305 e. The maximum absolute atomic E-state index is 10.9. The number of hydrogen-bond acceptors (Lipinski definition) is 2. The Morgan fingerprint density at radius 3 is 2.38 bits per heavy atom. The minimum Gasteiger partial charge on any atom is -0.481 e. The molecule has 0 aromatic heterocycles. The Labute approximate surface area is 77.3 Å². The number of rotatable bonds is 4. The molecule has 0 aliphatic heterocycles. The third-order valence-corrected chi connectivity index (χ3v) is 2.46. The standard InChI is InChI=1S/C9H15NO3/c1-6(11)10-9(2,5-8(12)13)7-3-4-7/h7H,3-5H2,1-2H3,(H,10,11)(H,12,13). The molecular formula is C9H15NO3. The first kappa shape index (κ1) is 10.0. The molecule has 0 saturated heterocycles. The highest BCUT2D eigenvalue weighted by Crippen LogP contribution is 2.41. The number of amides is 1. The zero-order valence-electron chi connectivity index (χ0n) is 7.96. The largest absolute Gasteiger partial charge is 0.481 e. The molecule has 1 atom stereocenters. The number of carbonyl (C=O) groups excluding carboxylic acids is 1. The summed E-state index contributed by atoms with van der Waals surface area (Å²) in [5, 5.41) is 11.4. The Kier molecular flexibility index (Phi) is 2.59. The van der Waals surface area contributed by atoms with E-state index < -0.39 is 11.5 Å². The van der Waals surface area contributed by atoms with Crippen LogP contribution in [0, 0.1) is 5.92 Å². The monoisotopic (exact) mass is 185 g/mol. The van der Waals surface area contributed by atoms with E-state index in [0.717, 1.165) is 12.8 Å². The molecule has 0 aromatic carbocycles. The van der Waals surface area contributed by atoms with Crippen LogP contribution >= 0.6 is 0 Å². The average Bonchev–Trinajstić information content (AvgIpc) is 2.60. The molecule has 0 heterocycles. The Bertz CT molecular complexity index is 217. The van der Waals surface area contributed by atoms with Crippen molar-refractivity contribution in [2.75, 3.05) is 0 Å². The lowest BCUT2D eigenvalue weighted by molar-refractivity contribution is -0.139. The van der Waals surface area contributed by atoms with Gasteiger partial charge in [-0.05, 0) is 25.7 Å². The van der Waals surface area contributed by atoms with Crippen LogP contribution in [0.25, 0.3) is 0 Å². The van der Waals surface area contributed by atoms with E-state index in [9.17, 15) is 9.59 Å². The van der Waals surface area contributed by atoms with Gasteiger partial charge in [0.1, 0.15) is 0 Å². The molecule has 1 fully saturated rings. The highest BCUT2D eigenvalue weighted by molar-refractivity contribution is 5.76. The lowest BCUT2D eigenvalue weighted by Gasteiger charge is -2.28. The summed E-state index contributed by atoms with van der Waals surface area (Å²) in [5.74, 6) is -0.675. The number of carbonyl (C=O) groups is 2. The van der Waals surface area contributed by atoms with E-state index in [0.29, 0.717) is 5.92 Å². The van der Waals surface area contributed by atoms with Crippen molar-refractivity contribution in [1.82, 2.24) is 5.32 Å². The van der Waals surface area contributed by atoms with Gasteiger partial charge in [0, 0.05) is 6.92 Å². The molecular weight excluding hydrogens is 170 g/mol. The van der Waals surface area contributed by atoms with Gasteiger partial charge in [-0.3, -0.25) is 9.59 Å². The predicted octanol–water partition coefficient (Wildman–Crippen LogP) is 0.766. The summed E-state index contributed by atoms with van der Waals surface area (Å²) in [7, 11) is 0. The molecule has 1 rings (SSSR count). The first-order valence-corrected chi connectivity index (χ1v) is 4.44. The number of hydrogen-bond donors (Lipinski definition) is 2. The molecule has 0 spiro atoms. The second kappa shape index (κ2) is 3.36. The number of nitrogens with one attached hydrogen (secondary N) is 1. The highest BCUT2D eigenvalue weighted by atomic mass is 16.4. The Morgan fingerprint density at radius 2 is 2.08 bits per heavy atom. The fourth-order valence-corrected chi connectivity index (χ4v) is 1.73. The van der Waals surface area contributed by atoms with E-state index in [2.05, 4.69) is 5.32 Å². The van der Waals surface area contributed by atoms with Gasteiger partial charge in [-0.1, -0.05) is 0 Å². The summed E-state index contributed by atoms with van der Waals surface area (Å²) in [5.41, 5.74) is -0.544. The maximum atomic E-state index is 10.9. The minimum absolute atomic E-state index is 0.0112. The first-order chi connectivity index (χ1) is 5.94. The zero-order valence-corrected chi connectivity index (χ0v) is 7.96. The van der Waals surface area contributed by atoms with Crippen LogP contribution in [0.1, 0.15) is 33.1 Å². The van der Waals surface area contributed by atoms with E-state index in [1.54, 1.807) is 6.92 Å². The van der Waals surface area contributed by atoms with Crippen molar-refractivity contribution in [1.29, 1.82) is 0 Å². The third-order valence-electron chi connectivity index (χ3n) is 2.46. The molecule has 1 aliphatic carbocycles. The van der Waals surface area contributed by atoms with E-state index in [1.807, 2.05) is 0 Å². The lowest BCUT2D eigenvalue weighted by atomic mass is 9.91. The normalized spacial score (nSPS) is 20.5. The van der Waals surface area contributed by atoms with Gasteiger partial charge in [-0.2, -0.15) is 0 Å². The smallest absolute Gasteiger partial charge is 0.305 e. The molecule has 0 radical (unpaired) electrons. The van der Waals surface area contributed by atoms with Crippen molar-refractivity contribution in [2.45, 2.75) is 38.6 Å². The fraction of sp³-hybridized carbons (Fsp3) is 0.778. The SMILES string of the molecule is CC(=O)NC(C)(CC(=O)O)C1CC1. The summed E-state index contributed by atoms with van der Waals surface area (Å²) in [6.07, 6.45) is 2.05. The Hall–Kier alpha value is -1.06. The minimum atomic E-state index is -0.858. The number of aliphatic carboxylic acids is 1. The quantitative estimate of drug-likeness (QED) is 0.679. The summed E-state index contributed by atoms with van der Waals surface area (Å²) in [6.45, 7) is 3.22. The molecule has 1 saturated carbocycles. The van der Waals surface area contributed by atoms with Gasteiger partial charge in [0.15, 0.2) is 0 Å². The molecule has 0 aromatic rings. The van der Waals surface area contributed by atoms with Gasteiger partial charge in [0.2, 0.25) is 5.91 Å². The van der Waals surface area contributed by atoms with Crippen LogP contribution in [0.2, 0.25) is 0 Å². The van der Waals surface area contributed by atoms with E-state index in [4.69, 9.17) is 5.11 Å². The third kappa shape index (κ3) is 2.72.